The highest BCUT2D eigenvalue weighted by atomic mass is 35.5. The van der Waals surface area contributed by atoms with Crippen LogP contribution in [-0.2, 0) is 16.1 Å². The van der Waals surface area contributed by atoms with Crippen LogP contribution in [0.15, 0.2) is 42.5 Å². The van der Waals surface area contributed by atoms with Gasteiger partial charge in [0.05, 0.1) is 7.11 Å². The van der Waals surface area contributed by atoms with Crippen molar-refractivity contribution < 1.29 is 14.3 Å². The Labute approximate surface area is 158 Å². The Hall–Kier alpha value is -2.53. The van der Waals surface area contributed by atoms with Gasteiger partial charge in [0.2, 0.25) is 11.8 Å². The lowest BCUT2D eigenvalue weighted by atomic mass is 10.1. The summed E-state index contributed by atoms with van der Waals surface area (Å²) in [6.07, 6.45) is 0.195. The van der Waals surface area contributed by atoms with E-state index in [2.05, 4.69) is 5.32 Å². The van der Waals surface area contributed by atoms with E-state index in [1.165, 1.54) is 6.92 Å². The molecule has 0 saturated carbocycles. The molecule has 138 valence electrons. The number of halogens is 1. The molecular formula is C20H23ClN2O3. The molecule has 2 amide bonds. The first-order valence-corrected chi connectivity index (χ1v) is 8.73. The molecule has 5 nitrogen and oxygen atoms in total. The Morgan fingerprint density at radius 2 is 1.92 bits per heavy atom. The molecule has 0 fully saturated rings. The zero-order valence-corrected chi connectivity index (χ0v) is 16.0. The third-order valence-electron chi connectivity index (χ3n) is 4.07. The first kappa shape index (κ1) is 19.8. The van der Waals surface area contributed by atoms with Crippen LogP contribution >= 0.6 is 11.6 Å². The van der Waals surface area contributed by atoms with E-state index in [0.717, 1.165) is 22.6 Å². The van der Waals surface area contributed by atoms with Gasteiger partial charge in [0.1, 0.15) is 5.75 Å². The van der Waals surface area contributed by atoms with E-state index in [1.54, 1.807) is 24.1 Å². The molecule has 0 saturated heterocycles. The average Bonchev–Trinajstić information content (AvgIpc) is 2.62. The predicted octanol–water partition coefficient (Wildman–Crippen LogP) is 3.72. The van der Waals surface area contributed by atoms with Crippen LogP contribution in [0.2, 0.25) is 5.02 Å². The second-order valence-corrected chi connectivity index (χ2v) is 6.38. The largest absolute Gasteiger partial charge is 0.496 e. The summed E-state index contributed by atoms with van der Waals surface area (Å²) in [4.78, 5) is 25.8. The molecule has 0 atom stereocenters. The van der Waals surface area contributed by atoms with Crippen molar-refractivity contribution in [2.45, 2.75) is 26.8 Å². The van der Waals surface area contributed by atoms with Crippen LogP contribution in [0.25, 0.3) is 0 Å². The molecule has 0 bridgehead atoms. The highest BCUT2D eigenvalue weighted by Gasteiger charge is 2.16. The van der Waals surface area contributed by atoms with Crippen molar-refractivity contribution in [3.63, 3.8) is 0 Å². The number of hydrogen-bond acceptors (Lipinski definition) is 3. The lowest BCUT2D eigenvalue weighted by Crippen LogP contribution is -2.34. The topological polar surface area (TPSA) is 58.6 Å². The third kappa shape index (κ3) is 5.23. The van der Waals surface area contributed by atoms with Gasteiger partial charge in [-0.15, -0.1) is 0 Å². The van der Waals surface area contributed by atoms with Crippen molar-refractivity contribution in [2.24, 2.45) is 0 Å². The summed E-state index contributed by atoms with van der Waals surface area (Å²) in [6.45, 7) is 4.05. The lowest BCUT2D eigenvalue weighted by Gasteiger charge is -2.23. The number of aryl methyl sites for hydroxylation is 1. The molecule has 0 aliphatic carbocycles. The fourth-order valence-electron chi connectivity index (χ4n) is 2.67. The summed E-state index contributed by atoms with van der Waals surface area (Å²) >= 11 is 6.05. The molecule has 6 heteroatoms. The molecule has 26 heavy (non-hydrogen) atoms. The lowest BCUT2D eigenvalue weighted by molar-refractivity contribution is -0.121. The minimum absolute atomic E-state index is 0.132. The van der Waals surface area contributed by atoms with E-state index in [9.17, 15) is 9.59 Å². The fraction of sp³-hybridized carbons (Fsp3) is 0.300. The summed E-state index contributed by atoms with van der Waals surface area (Å²) in [5.41, 5.74) is 2.55. The van der Waals surface area contributed by atoms with Crippen molar-refractivity contribution in [3.05, 3.63) is 58.6 Å². The van der Waals surface area contributed by atoms with Crippen molar-refractivity contribution in [3.8, 4) is 5.75 Å². The van der Waals surface area contributed by atoms with Crippen LogP contribution in [0.3, 0.4) is 0 Å². The zero-order chi connectivity index (χ0) is 19.1. The second-order valence-electron chi connectivity index (χ2n) is 5.94. The Balaban J connectivity index is 1.97. The van der Waals surface area contributed by atoms with Gasteiger partial charge in [-0.3, -0.25) is 9.59 Å². The summed E-state index contributed by atoms with van der Waals surface area (Å²) in [7, 11) is 1.60. The molecule has 0 aliphatic rings. The van der Waals surface area contributed by atoms with E-state index in [4.69, 9.17) is 16.3 Å². The number of benzene rings is 2. The van der Waals surface area contributed by atoms with Gasteiger partial charge < -0.3 is 15.0 Å². The number of rotatable bonds is 7. The molecule has 1 N–H and O–H groups in total. The van der Waals surface area contributed by atoms with Crippen LogP contribution in [0.5, 0.6) is 5.75 Å². The highest BCUT2D eigenvalue weighted by molar-refractivity contribution is 6.31. The molecule has 0 radical (unpaired) electrons. The van der Waals surface area contributed by atoms with E-state index < -0.39 is 0 Å². The monoisotopic (exact) mass is 374 g/mol. The molecule has 0 aliphatic heterocycles. The van der Waals surface area contributed by atoms with Gasteiger partial charge in [-0.2, -0.15) is 0 Å². The molecule has 2 aromatic carbocycles. The molecule has 0 spiro atoms. The van der Waals surface area contributed by atoms with E-state index in [-0.39, 0.29) is 24.8 Å². The zero-order valence-electron chi connectivity index (χ0n) is 15.2. The predicted molar refractivity (Wildman–Crippen MR) is 104 cm³/mol. The average molecular weight is 375 g/mol. The Morgan fingerprint density at radius 3 is 2.62 bits per heavy atom. The first-order chi connectivity index (χ1) is 12.4. The molecular weight excluding hydrogens is 352 g/mol. The van der Waals surface area contributed by atoms with Gasteiger partial charge in [-0.25, -0.2) is 0 Å². The number of para-hydroxylation sites is 1. The molecule has 2 rings (SSSR count). The smallest absolute Gasteiger partial charge is 0.223 e. The second kappa shape index (κ2) is 9.25. The highest BCUT2D eigenvalue weighted by Crippen LogP contribution is 2.24. The van der Waals surface area contributed by atoms with E-state index in [0.29, 0.717) is 11.6 Å². The van der Waals surface area contributed by atoms with E-state index in [1.807, 2.05) is 37.3 Å². The van der Waals surface area contributed by atoms with Crippen molar-refractivity contribution >= 4 is 29.1 Å². The molecule has 0 heterocycles. The Morgan fingerprint density at radius 1 is 1.19 bits per heavy atom. The number of ether oxygens (including phenoxy) is 1. The number of nitrogens with one attached hydrogen (secondary N) is 1. The number of carbonyl (C=O) groups is 2. The van der Waals surface area contributed by atoms with Crippen molar-refractivity contribution in [1.29, 1.82) is 0 Å². The number of hydrogen-bond donors (Lipinski definition) is 1. The Kier molecular flexibility index (Phi) is 7.04. The molecule has 0 aromatic heterocycles. The number of amides is 2. The van der Waals surface area contributed by atoms with Gasteiger partial charge in [0, 0.05) is 42.7 Å². The van der Waals surface area contributed by atoms with Crippen LogP contribution in [0.1, 0.15) is 24.5 Å². The maximum absolute atomic E-state index is 12.2. The van der Waals surface area contributed by atoms with Crippen LogP contribution in [0.4, 0.5) is 5.69 Å². The van der Waals surface area contributed by atoms with Gasteiger partial charge in [-0.1, -0.05) is 35.9 Å². The van der Waals surface area contributed by atoms with Gasteiger partial charge >= 0.3 is 0 Å². The summed E-state index contributed by atoms with van der Waals surface area (Å²) in [6, 6.07) is 12.9. The number of carbonyl (C=O) groups excluding carboxylic acids is 2. The molecule has 0 unspecified atom stereocenters. The maximum atomic E-state index is 12.2. The quantitative estimate of drug-likeness (QED) is 0.803. The number of anilines is 1. The number of methoxy groups -OCH3 is 1. The number of nitrogens with zero attached hydrogens (tertiary/aromatic N) is 1. The minimum atomic E-state index is -0.137. The van der Waals surface area contributed by atoms with Crippen LogP contribution in [-0.4, -0.2) is 25.5 Å². The van der Waals surface area contributed by atoms with Gasteiger partial charge in [0.25, 0.3) is 0 Å². The Bertz CT molecular complexity index is 792. The SMILES string of the molecule is COc1ccccc1CNC(=O)CCN(C(C)=O)c1cc(Cl)ccc1C. The van der Waals surface area contributed by atoms with Crippen LogP contribution < -0.4 is 15.0 Å². The normalized spacial score (nSPS) is 10.3. The molecule has 2 aromatic rings. The summed E-state index contributed by atoms with van der Waals surface area (Å²) in [5, 5.41) is 3.42. The van der Waals surface area contributed by atoms with E-state index >= 15 is 0 Å². The van der Waals surface area contributed by atoms with Gasteiger partial charge in [0.15, 0.2) is 0 Å². The van der Waals surface area contributed by atoms with Gasteiger partial charge in [-0.05, 0) is 30.7 Å². The standard InChI is InChI=1S/C20H23ClN2O3/c1-14-8-9-17(21)12-18(14)23(15(2)24)11-10-20(25)22-13-16-6-4-5-7-19(16)26-3/h4-9,12H,10-11,13H2,1-3H3,(H,22,25). The van der Waals surface area contributed by atoms with Crippen molar-refractivity contribution in [2.75, 3.05) is 18.6 Å². The maximum Gasteiger partial charge on any atom is 0.223 e. The summed E-state index contributed by atoms with van der Waals surface area (Å²) in [5.74, 6) is 0.461. The minimum Gasteiger partial charge on any atom is -0.496 e. The first-order valence-electron chi connectivity index (χ1n) is 8.35. The fourth-order valence-corrected chi connectivity index (χ4v) is 2.83. The van der Waals surface area contributed by atoms with Crippen molar-refractivity contribution in [1.82, 2.24) is 5.32 Å². The van der Waals surface area contributed by atoms with Crippen LogP contribution in [0, 0.1) is 6.92 Å². The summed E-state index contributed by atoms with van der Waals surface area (Å²) < 4.78 is 5.27. The third-order valence-corrected chi connectivity index (χ3v) is 4.31.